The molecule has 2 heterocycles. The van der Waals surface area contributed by atoms with Crippen LogP contribution in [-0.4, -0.2) is 57.7 Å². The van der Waals surface area contributed by atoms with Crippen molar-refractivity contribution in [1.29, 1.82) is 0 Å². The molecule has 26 heavy (non-hydrogen) atoms. The van der Waals surface area contributed by atoms with Gasteiger partial charge in [-0.3, -0.25) is 4.99 Å². The lowest BCUT2D eigenvalue weighted by molar-refractivity contribution is 0.0888. The molecule has 2 N–H and O–H groups in total. The first-order valence-corrected chi connectivity index (χ1v) is 9.22. The van der Waals surface area contributed by atoms with Gasteiger partial charge in [-0.2, -0.15) is 0 Å². The first kappa shape index (κ1) is 23.2. The predicted octanol–water partition coefficient (Wildman–Crippen LogP) is 2.45. The highest BCUT2D eigenvalue weighted by molar-refractivity contribution is 14.0. The Hall–Kier alpha value is -0.870. The molecular weight excluding hydrogens is 447 g/mol. The average Bonchev–Trinajstić information content (AvgIpc) is 3.24. The number of halogens is 1. The van der Waals surface area contributed by atoms with Gasteiger partial charge in [-0.05, 0) is 39.5 Å². The standard InChI is InChI=1S/C18H32N4O3.HI/c1-14-17(15(2)25-22-14)6-4-8-20-18(19-3)21-9-5-10-23-12-16-7-11-24-13-16;/h16H,4-13H2,1-3H3,(H2,19,20,21);1H. The van der Waals surface area contributed by atoms with Crippen molar-refractivity contribution in [2.75, 3.05) is 46.6 Å². The summed E-state index contributed by atoms with van der Waals surface area (Å²) in [7, 11) is 1.79. The first-order chi connectivity index (χ1) is 12.2. The Labute approximate surface area is 173 Å². The van der Waals surface area contributed by atoms with Gasteiger partial charge in [0.05, 0.1) is 18.9 Å². The molecule has 0 saturated carbocycles. The van der Waals surface area contributed by atoms with Crippen molar-refractivity contribution in [3.05, 3.63) is 17.0 Å². The maximum absolute atomic E-state index is 5.70. The Morgan fingerprint density at radius 2 is 2.04 bits per heavy atom. The van der Waals surface area contributed by atoms with Gasteiger partial charge < -0.3 is 24.6 Å². The first-order valence-electron chi connectivity index (χ1n) is 9.22. The van der Waals surface area contributed by atoms with Crippen molar-refractivity contribution in [3.63, 3.8) is 0 Å². The highest BCUT2D eigenvalue weighted by atomic mass is 127. The van der Waals surface area contributed by atoms with E-state index in [0.717, 1.165) is 82.6 Å². The van der Waals surface area contributed by atoms with E-state index in [1.165, 1.54) is 5.56 Å². The lowest BCUT2D eigenvalue weighted by atomic mass is 10.1. The van der Waals surface area contributed by atoms with Crippen LogP contribution in [0.15, 0.2) is 9.52 Å². The summed E-state index contributed by atoms with van der Waals surface area (Å²) in [6.07, 6.45) is 4.07. The van der Waals surface area contributed by atoms with Gasteiger partial charge in [-0.1, -0.05) is 5.16 Å². The summed E-state index contributed by atoms with van der Waals surface area (Å²) in [4.78, 5) is 4.24. The molecule has 0 amide bonds. The molecule has 1 unspecified atom stereocenters. The summed E-state index contributed by atoms with van der Waals surface area (Å²) in [6.45, 7) is 8.98. The largest absolute Gasteiger partial charge is 0.381 e. The number of aryl methyl sites for hydroxylation is 2. The van der Waals surface area contributed by atoms with Gasteiger partial charge in [0.1, 0.15) is 5.76 Å². The van der Waals surface area contributed by atoms with Crippen molar-refractivity contribution in [2.24, 2.45) is 10.9 Å². The van der Waals surface area contributed by atoms with Gasteiger partial charge in [-0.25, -0.2) is 0 Å². The van der Waals surface area contributed by atoms with Gasteiger partial charge in [0.25, 0.3) is 0 Å². The number of guanidine groups is 1. The fourth-order valence-electron chi connectivity index (χ4n) is 2.90. The van der Waals surface area contributed by atoms with Crippen LogP contribution < -0.4 is 10.6 Å². The molecule has 0 aromatic carbocycles. The quantitative estimate of drug-likeness (QED) is 0.232. The Kier molecular flexibility index (Phi) is 11.9. The fraction of sp³-hybridized carbons (Fsp3) is 0.778. The minimum Gasteiger partial charge on any atom is -0.381 e. The molecule has 0 bridgehead atoms. The molecule has 2 rings (SSSR count). The van der Waals surface area contributed by atoms with Crippen LogP contribution in [0.3, 0.4) is 0 Å². The van der Waals surface area contributed by atoms with E-state index in [0.29, 0.717) is 5.92 Å². The van der Waals surface area contributed by atoms with E-state index in [2.05, 4.69) is 20.8 Å². The molecule has 1 aromatic rings. The summed E-state index contributed by atoms with van der Waals surface area (Å²) in [5.74, 6) is 2.34. The molecule has 1 aromatic heterocycles. The number of rotatable bonds is 10. The molecule has 0 aliphatic carbocycles. The minimum absolute atomic E-state index is 0. The third-order valence-corrected chi connectivity index (χ3v) is 4.44. The van der Waals surface area contributed by atoms with Gasteiger partial charge >= 0.3 is 0 Å². The number of nitrogens with zero attached hydrogens (tertiary/aromatic N) is 2. The van der Waals surface area contributed by atoms with Gasteiger partial charge in [-0.15, -0.1) is 24.0 Å². The third kappa shape index (κ3) is 8.22. The Morgan fingerprint density at radius 1 is 1.27 bits per heavy atom. The Bertz CT molecular complexity index is 511. The van der Waals surface area contributed by atoms with Crippen molar-refractivity contribution in [2.45, 2.75) is 39.5 Å². The van der Waals surface area contributed by atoms with Gasteiger partial charge in [0.15, 0.2) is 5.96 Å². The molecule has 1 fully saturated rings. The van der Waals surface area contributed by atoms with Crippen molar-refractivity contribution >= 4 is 29.9 Å². The number of aromatic nitrogens is 1. The third-order valence-electron chi connectivity index (χ3n) is 4.44. The molecular formula is C18H33IN4O3. The number of hydrogen-bond acceptors (Lipinski definition) is 5. The molecule has 1 saturated heterocycles. The predicted molar refractivity (Wildman–Crippen MR) is 113 cm³/mol. The molecule has 0 radical (unpaired) electrons. The topological polar surface area (TPSA) is 80.9 Å². The molecule has 1 atom stereocenters. The molecule has 150 valence electrons. The zero-order chi connectivity index (χ0) is 17.9. The lowest BCUT2D eigenvalue weighted by Crippen LogP contribution is -2.38. The van der Waals surface area contributed by atoms with Crippen molar-refractivity contribution < 1.29 is 14.0 Å². The number of ether oxygens (including phenoxy) is 2. The number of nitrogens with one attached hydrogen (secondary N) is 2. The summed E-state index contributed by atoms with van der Waals surface area (Å²) in [5.41, 5.74) is 2.21. The van der Waals surface area contributed by atoms with Gasteiger partial charge in [0, 0.05) is 44.8 Å². The SMILES string of the molecule is CN=C(NCCCOCC1CCOC1)NCCCc1c(C)noc1C.I. The highest BCUT2D eigenvalue weighted by Gasteiger charge is 2.15. The molecule has 1 aliphatic heterocycles. The van der Waals surface area contributed by atoms with E-state index in [-0.39, 0.29) is 24.0 Å². The number of aliphatic imine (C=N–C) groups is 1. The van der Waals surface area contributed by atoms with Crippen LogP contribution in [0.4, 0.5) is 0 Å². The minimum atomic E-state index is 0. The highest BCUT2D eigenvalue weighted by Crippen LogP contribution is 2.14. The van der Waals surface area contributed by atoms with E-state index >= 15 is 0 Å². The Balaban J connectivity index is 0.00000338. The molecule has 1 aliphatic rings. The van der Waals surface area contributed by atoms with Crippen molar-refractivity contribution in [1.82, 2.24) is 15.8 Å². The van der Waals surface area contributed by atoms with Gasteiger partial charge in [0.2, 0.25) is 0 Å². The molecule has 0 spiro atoms. The lowest BCUT2D eigenvalue weighted by Gasteiger charge is -2.12. The van der Waals surface area contributed by atoms with E-state index in [4.69, 9.17) is 14.0 Å². The van der Waals surface area contributed by atoms with Crippen LogP contribution in [0.5, 0.6) is 0 Å². The molecule has 8 heteroatoms. The van der Waals surface area contributed by atoms with Crippen LogP contribution in [-0.2, 0) is 15.9 Å². The van der Waals surface area contributed by atoms with Crippen LogP contribution in [0.2, 0.25) is 0 Å². The van der Waals surface area contributed by atoms with Crippen molar-refractivity contribution in [3.8, 4) is 0 Å². The second kappa shape index (κ2) is 13.3. The summed E-state index contributed by atoms with van der Waals surface area (Å²) in [6, 6.07) is 0. The van der Waals surface area contributed by atoms with Crippen LogP contribution in [0, 0.1) is 19.8 Å². The fourth-order valence-corrected chi connectivity index (χ4v) is 2.90. The summed E-state index contributed by atoms with van der Waals surface area (Å²) >= 11 is 0. The maximum Gasteiger partial charge on any atom is 0.190 e. The Morgan fingerprint density at radius 3 is 2.65 bits per heavy atom. The van der Waals surface area contributed by atoms with E-state index in [1.54, 1.807) is 7.05 Å². The summed E-state index contributed by atoms with van der Waals surface area (Å²) in [5, 5.41) is 10.6. The van der Waals surface area contributed by atoms with E-state index in [1.807, 2.05) is 13.8 Å². The smallest absolute Gasteiger partial charge is 0.190 e. The second-order valence-electron chi connectivity index (χ2n) is 6.49. The van der Waals surface area contributed by atoms with Crippen LogP contribution >= 0.6 is 24.0 Å². The summed E-state index contributed by atoms with van der Waals surface area (Å²) < 4.78 is 16.2. The monoisotopic (exact) mass is 480 g/mol. The van der Waals surface area contributed by atoms with Crippen LogP contribution in [0.25, 0.3) is 0 Å². The maximum atomic E-state index is 5.70. The van der Waals surface area contributed by atoms with E-state index in [9.17, 15) is 0 Å². The zero-order valence-corrected chi connectivity index (χ0v) is 18.5. The number of hydrogen-bond donors (Lipinski definition) is 2. The normalized spacial score (nSPS) is 17.2. The zero-order valence-electron chi connectivity index (χ0n) is 16.2. The van der Waals surface area contributed by atoms with Crippen LogP contribution in [0.1, 0.15) is 36.3 Å². The second-order valence-corrected chi connectivity index (χ2v) is 6.49. The average molecular weight is 480 g/mol. The van der Waals surface area contributed by atoms with E-state index < -0.39 is 0 Å². The molecule has 7 nitrogen and oxygen atoms in total.